The van der Waals surface area contributed by atoms with Crippen molar-refractivity contribution in [3.05, 3.63) is 65.4 Å². The summed E-state index contributed by atoms with van der Waals surface area (Å²) in [5, 5.41) is 11.6. The van der Waals surface area contributed by atoms with Gasteiger partial charge in [-0.05, 0) is 47.5 Å². The SMILES string of the molecule is O=C(O)c1cc2cc(-c3cc(Cl)cc4ncccc34)ccc2[nH]1. The summed E-state index contributed by atoms with van der Waals surface area (Å²) in [6.45, 7) is 0. The van der Waals surface area contributed by atoms with Crippen molar-refractivity contribution in [3.8, 4) is 11.1 Å². The van der Waals surface area contributed by atoms with Gasteiger partial charge in [-0.2, -0.15) is 0 Å². The number of carboxylic acids is 1. The molecule has 5 heteroatoms. The lowest BCUT2D eigenvalue weighted by molar-refractivity contribution is 0.0691. The Morgan fingerprint density at radius 2 is 2.00 bits per heavy atom. The molecule has 0 aliphatic rings. The predicted molar refractivity (Wildman–Crippen MR) is 91.0 cm³/mol. The van der Waals surface area contributed by atoms with Gasteiger partial charge in [0.2, 0.25) is 0 Å². The Hall–Kier alpha value is -2.85. The summed E-state index contributed by atoms with van der Waals surface area (Å²) >= 11 is 6.21. The van der Waals surface area contributed by atoms with E-state index in [0.29, 0.717) is 5.02 Å². The molecule has 2 aromatic carbocycles. The summed E-state index contributed by atoms with van der Waals surface area (Å²) < 4.78 is 0. The highest BCUT2D eigenvalue weighted by atomic mass is 35.5. The molecule has 0 saturated carbocycles. The van der Waals surface area contributed by atoms with Crippen molar-refractivity contribution in [2.24, 2.45) is 0 Å². The van der Waals surface area contributed by atoms with Crippen LogP contribution >= 0.6 is 11.6 Å². The number of H-pyrrole nitrogens is 1. The first-order valence-corrected chi connectivity index (χ1v) is 7.40. The van der Waals surface area contributed by atoms with E-state index < -0.39 is 5.97 Å². The largest absolute Gasteiger partial charge is 0.477 e. The number of carbonyl (C=O) groups is 1. The van der Waals surface area contributed by atoms with Crippen LogP contribution in [0.5, 0.6) is 0 Å². The number of pyridine rings is 1. The lowest BCUT2D eigenvalue weighted by atomic mass is 9.99. The summed E-state index contributed by atoms with van der Waals surface area (Å²) in [6, 6.07) is 15.0. The third-order valence-electron chi connectivity index (χ3n) is 3.85. The molecule has 2 aromatic heterocycles. The van der Waals surface area contributed by atoms with Crippen LogP contribution in [0.3, 0.4) is 0 Å². The molecule has 0 atom stereocenters. The van der Waals surface area contributed by atoms with Crippen molar-refractivity contribution >= 4 is 39.4 Å². The Labute approximate surface area is 136 Å². The average molecular weight is 323 g/mol. The normalized spacial score (nSPS) is 11.2. The fourth-order valence-electron chi connectivity index (χ4n) is 2.80. The number of rotatable bonds is 2. The van der Waals surface area contributed by atoms with E-state index in [4.69, 9.17) is 16.7 Å². The van der Waals surface area contributed by atoms with Crippen molar-refractivity contribution in [2.75, 3.05) is 0 Å². The van der Waals surface area contributed by atoms with Gasteiger partial charge in [0.1, 0.15) is 5.69 Å². The van der Waals surface area contributed by atoms with Crippen LogP contribution in [0.15, 0.2) is 54.7 Å². The molecule has 4 rings (SSSR count). The van der Waals surface area contributed by atoms with Crippen LogP contribution in [0.1, 0.15) is 10.5 Å². The number of carboxylic acid groups (broad SMARTS) is 1. The second kappa shape index (κ2) is 5.11. The third-order valence-corrected chi connectivity index (χ3v) is 4.07. The summed E-state index contributed by atoms with van der Waals surface area (Å²) in [6.07, 6.45) is 1.73. The highest BCUT2D eigenvalue weighted by molar-refractivity contribution is 6.31. The first-order valence-electron chi connectivity index (χ1n) is 7.02. The van der Waals surface area contributed by atoms with Crippen LogP contribution in [0.25, 0.3) is 32.9 Å². The molecule has 4 nitrogen and oxygen atoms in total. The van der Waals surface area contributed by atoms with Crippen molar-refractivity contribution in [1.29, 1.82) is 0 Å². The molecule has 0 aliphatic heterocycles. The Balaban J connectivity index is 1.97. The summed E-state index contributed by atoms with van der Waals surface area (Å²) in [7, 11) is 0. The minimum absolute atomic E-state index is 0.176. The molecule has 0 spiro atoms. The zero-order chi connectivity index (χ0) is 16.0. The van der Waals surface area contributed by atoms with Crippen LogP contribution in [-0.4, -0.2) is 21.0 Å². The average Bonchev–Trinajstić information content (AvgIpc) is 2.97. The van der Waals surface area contributed by atoms with Gasteiger partial charge in [0, 0.05) is 27.5 Å². The maximum absolute atomic E-state index is 11.1. The van der Waals surface area contributed by atoms with Crippen molar-refractivity contribution in [1.82, 2.24) is 9.97 Å². The fourth-order valence-corrected chi connectivity index (χ4v) is 3.01. The zero-order valence-electron chi connectivity index (χ0n) is 11.9. The molecule has 0 unspecified atom stereocenters. The standard InChI is InChI=1S/C18H11ClN2O2/c19-12-8-14(13-2-1-5-20-16(13)9-12)10-3-4-15-11(6-10)7-17(21-15)18(22)23/h1-9,21H,(H,22,23). The number of benzene rings is 2. The van der Waals surface area contributed by atoms with E-state index in [1.165, 1.54) is 0 Å². The molecule has 2 heterocycles. The third kappa shape index (κ3) is 2.33. The number of nitrogens with one attached hydrogen (secondary N) is 1. The van der Waals surface area contributed by atoms with Crippen molar-refractivity contribution in [3.63, 3.8) is 0 Å². The van der Waals surface area contributed by atoms with Gasteiger partial charge >= 0.3 is 5.97 Å². The van der Waals surface area contributed by atoms with Gasteiger partial charge < -0.3 is 10.1 Å². The van der Waals surface area contributed by atoms with E-state index in [-0.39, 0.29) is 5.69 Å². The Bertz CT molecular complexity index is 1070. The van der Waals surface area contributed by atoms with E-state index in [1.54, 1.807) is 12.3 Å². The number of nitrogens with zero attached hydrogens (tertiary/aromatic N) is 1. The van der Waals surface area contributed by atoms with Crippen LogP contribution in [0.4, 0.5) is 0 Å². The van der Waals surface area contributed by atoms with Gasteiger partial charge in [0.15, 0.2) is 0 Å². The highest BCUT2D eigenvalue weighted by Crippen LogP contribution is 2.32. The molecule has 4 aromatic rings. The van der Waals surface area contributed by atoms with Crippen molar-refractivity contribution < 1.29 is 9.90 Å². The molecular formula is C18H11ClN2O2. The van der Waals surface area contributed by atoms with Gasteiger partial charge in [-0.3, -0.25) is 4.98 Å². The number of aromatic carboxylic acids is 1. The number of hydrogen-bond donors (Lipinski definition) is 2. The monoisotopic (exact) mass is 322 g/mol. The lowest BCUT2D eigenvalue weighted by Crippen LogP contribution is -1.94. The maximum Gasteiger partial charge on any atom is 0.352 e. The molecule has 0 saturated heterocycles. The Morgan fingerprint density at radius 3 is 2.83 bits per heavy atom. The number of aromatic amines is 1. The van der Waals surface area contributed by atoms with Crippen molar-refractivity contribution in [2.45, 2.75) is 0 Å². The molecule has 2 N–H and O–H groups in total. The smallest absolute Gasteiger partial charge is 0.352 e. The molecule has 0 radical (unpaired) electrons. The molecule has 0 aliphatic carbocycles. The highest BCUT2D eigenvalue weighted by Gasteiger charge is 2.10. The number of halogens is 1. The zero-order valence-corrected chi connectivity index (χ0v) is 12.6. The summed E-state index contributed by atoms with van der Waals surface area (Å²) in [4.78, 5) is 18.3. The molecular weight excluding hydrogens is 312 g/mol. The fraction of sp³-hybridized carbons (Fsp3) is 0. The molecule has 0 bridgehead atoms. The van der Waals surface area contributed by atoms with Gasteiger partial charge in [-0.1, -0.05) is 23.7 Å². The lowest BCUT2D eigenvalue weighted by Gasteiger charge is -2.07. The summed E-state index contributed by atoms with van der Waals surface area (Å²) in [5.74, 6) is -0.972. The van der Waals surface area contributed by atoms with Gasteiger partial charge in [0.05, 0.1) is 5.52 Å². The van der Waals surface area contributed by atoms with E-state index in [1.807, 2.05) is 42.5 Å². The first-order chi connectivity index (χ1) is 11.1. The first kappa shape index (κ1) is 13.8. The topological polar surface area (TPSA) is 66.0 Å². The Kier molecular flexibility index (Phi) is 3.06. The van der Waals surface area contributed by atoms with E-state index >= 15 is 0 Å². The van der Waals surface area contributed by atoms with E-state index in [2.05, 4.69) is 9.97 Å². The molecule has 23 heavy (non-hydrogen) atoms. The van der Waals surface area contributed by atoms with Crippen LogP contribution < -0.4 is 0 Å². The minimum atomic E-state index is -0.972. The second-order valence-electron chi connectivity index (χ2n) is 5.31. The molecule has 112 valence electrons. The molecule has 0 amide bonds. The van der Waals surface area contributed by atoms with Gasteiger partial charge in [-0.15, -0.1) is 0 Å². The number of aromatic nitrogens is 2. The van der Waals surface area contributed by atoms with Gasteiger partial charge in [-0.25, -0.2) is 4.79 Å². The maximum atomic E-state index is 11.1. The number of fused-ring (bicyclic) bond motifs is 2. The van der Waals surface area contributed by atoms with Crippen LogP contribution in [0.2, 0.25) is 5.02 Å². The van der Waals surface area contributed by atoms with Gasteiger partial charge in [0.25, 0.3) is 0 Å². The quantitative estimate of drug-likeness (QED) is 0.560. The predicted octanol–water partition coefficient (Wildman–Crippen LogP) is 4.73. The molecule has 0 fully saturated rings. The van der Waals surface area contributed by atoms with E-state index in [0.717, 1.165) is 32.9 Å². The van der Waals surface area contributed by atoms with Crippen LogP contribution in [-0.2, 0) is 0 Å². The van der Waals surface area contributed by atoms with E-state index in [9.17, 15) is 4.79 Å². The Morgan fingerprint density at radius 1 is 1.13 bits per heavy atom. The van der Waals surface area contributed by atoms with Crippen LogP contribution in [0, 0.1) is 0 Å². The summed E-state index contributed by atoms with van der Waals surface area (Å²) in [5.41, 5.74) is 3.73. The minimum Gasteiger partial charge on any atom is -0.477 e. The second-order valence-corrected chi connectivity index (χ2v) is 5.75. The number of hydrogen-bond acceptors (Lipinski definition) is 2.